The number of nitrogens with zero attached hydrogens (tertiary/aromatic N) is 1. The Bertz CT molecular complexity index is 387. The maximum absolute atomic E-state index is 12.2. The van der Waals surface area contributed by atoms with Gasteiger partial charge in [-0.2, -0.15) is 0 Å². The third-order valence-electron chi connectivity index (χ3n) is 3.64. The van der Waals surface area contributed by atoms with Gasteiger partial charge in [0, 0.05) is 5.92 Å². The van der Waals surface area contributed by atoms with Crippen molar-refractivity contribution < 1.29 is 9.53 Å². The van der Waals surface area contributed by atoms with E-state index in [-0.39, 0.29) is 17.9 Å². The lowest BCUT2D eigenvalue weighted by atomic mass is 10.0. The van der Waals surface area contributed by atoms with E-state index in [1.54, 1.807) is 0 Å². The van der Waals surface area contributed by atoms with Gasteiger partial charge in [-0.3, -0.25) is 4.79 Å². The maximum Gasteiger partial charge on any atom is 0.227 e. The van der Waals surface area contributed by atoms with Crippen LogP contribution in [0.15, 0.2) is 30.3 Å². The minimum atomic E-state index is 0.0320. The molecule has 1 amide bonds. The number of carbonyl (C=O) groups excluding carboxylic acids is 1. The molecule has 0 spiro atoms. The van der Waals surface area contributed by atoms with Crippen LogP contribution < -0.4 is 0 Å². The summed E-state index contributed by atoms with van der Waals surface area (Å²) in [6.45, 7) is 5.24. The lowest BCUT2D eigenvalue weighted by Gasteiger charge is -2.20. The summed E-state index contributed by atoms with van der Waals surface area (Å²) in [4.78, 5) is 14.1. The molecular formula is C15H21NO2. The molecule has 1 saturated heterocycles. The van der Waals surface area contributed by atoms with Crippen LogP contribution in [-0.2, 0) is 9.53 Å². The van der Waals surface area contributed by atoms with E-state index in [2.05, 4.69) is 26.0 Å². The number of benzene rings is 1. The Morgan fingerprint density at radius 1 is 1.33 bits per heavy atom. The van der Waals surface area contributed by atoms with Crippen molar-refractivity contribution in [2.24, 2.45) is 5.92 Å². The quantitative estimate of drug-likeness (QED) is 0.818. The van der Waals surface area contributed by atoms with Gasteiger partial charge in [0.15, 0.2) is 0 Å². The molecule has 1 aliphatic heterocycles. The Labute approximate surface area is 109 Å². The normalized spacial score (nSPS) is 19.5. The van der Waals surface area contributed by atoms with Crippen molar-refractivity contribution in [3.63, 3.8) is 0 Å². The molecule has 1 fully saturated rings. The van der Waals surface area contributed by atoms with E-state index < -0.39 is 0 Å². The van der Waals surface area contributed by atoms with Crippen molar-refractivity contribution in [3.05, 3.63) is 35.9 Å². The number of carbonyl (C=O) groups is 1. The minimum absolute atomic E-state index is 0.0320. The fourth-order valence-corrected chi connectivity index (χ4v) is 2.40. The molecule has 98 valence electrons. The highest BCUT2D eigenvalue weighted by molar-refractivity contribution is 5.78. The van der Waals surface area contributed by atoms with Gasteiger partial charge in [-0.1, -0.05) is 44.2 Å². The zero-order chi connectivity index (χ0) is 13.0. The molecule has 0 N–H and O–H groups in total. The van der Waals surface area contributed by atoms with Gasteiger partial charge >= 0.3 is 0 Å². The van der Waals surface area contributed by atoms with E-state index in [0.29, 0.717) is 13.3 Å². The Morgan fingerprint density at radius 2 is 2.00 bits per heavy atom. The average Bonchev–Trinajstić information content (AvgIpc) is 2.90. The first-order valence-corrected chi connectivity index (χ1v) is 6.71. The third kappa shape index (κ3) is 2.72. The van der Waals surface area contributed by atoms with Crippen molar-refractivity contribution in [3.8, 4) is 0 Å². The molecule has 3 nitrogen and oxygen atoms in total. The van der Waals surface area contributed by atoms with E-state index >= 15 is 0 Å². The summed E-state index contributed by atoms with van der Waals surface area (Å²) in [6.07, 6.45) is 1.84. The molecule has 1 atom stereocenters. The minimum Gasteiger partial charge on any atom is -0.351 e. The van der Waals surface area contributed by atoms with Gasteiger partial charge in [-0.15, -0.1) is 0 Å². The zero-order valence-corrected chi connectivity index (χ0v) is 11.1. The van der Waals surface area contributed by atoms with E-state index in [1.807, 2.05) is 23.1 Å². The second-order valence-corrected chi connectivity index (χ2v) is 4.77. The first-order chi connectivity index (χ1) is 8.76. The average molecular weight is 247 g/mol. The van der Waals surface area contributed by atoms with Crippen LogP contribution in [0, 0.1) is 5.92 Å². The van der Waals surface area contributed by atoms with Crippen LogP contribution in [0.5, 0.6) is 0 Å². The largest absolute Gasteiger partial charge is 0.351 e. The van der Waals surface area contributed by atoms with Crippen molar-refractivity contribution in [2.75, 3.05) is 13.3 Å². The molecule has 0 aromatic heterocycles. The number of hydrogen-bond donors (Lipinski definition) is 0. The first-order valence-electron chi connectivity index (χ1n) is 6.71. The Balaban J connectivity index is 1.98. The summed E-state index contributed by atoms with van der Waals surface area (Å²) < 4.78 is 5.72. The smallest absolute Gasteiger partial charge is 0.227 e. The summed E-state index contributed by atoms with van der Waals surface area (Å²) >= 11 is 0. The van der Waals surface area contributed by atoms with Crippen LogP contribution >= 0.6 is 0 Å². The Morgan fingerprint density at radius 3 is 2.61 bits per heavy atom. The summed E-state index contributed by atoms with van der Waals surface area (Å²) in [7, 11) is 0. The van der Waals surface area contributed by atoms with Crippen molar-refractivity contribution >= 4 is 5.91 Å². The van der Waals surface area contributed by atoms with Gasteiger partial charge in [0.1, 0.15) is 12.8 Å². The van der Waals surface area contributed by atoms with E-state index in [0.717, 1.165) is 18.4 Å². The molecule has 18 heavy (non-hydrogen) atoms. The molecule has 1 aliphatic rings. The van der Waals surface area contributed by atoms with Crippen molar-refractivity contribution in [1.82, 2.24) is 4.90 Å². The molecule has 1 heterocycles. The molecule has 0 saturated carbocycles. The SMILES string of the molecule is CCC(CC)C(=O)N1COC(c2ccccc2)C1. The van der Waals surface area contributed by atoms with Gasteiger partial charge in [0.2, 0.25) is 5.91 Å². The Hall–Kier alpha value is -1.35. The van der Waals surface area contributed by atoms with Crippen LogP contribution in [-0.4, -0.2) is 24.1 Å². The standard InChI is InChI=1S/C15H21NO2/c1-3-12(4-2)15(17)16-10-14(18-11-16)13-8-6-5-7-9-13/h5-9,12,14H,3-4,10-11H2,1-2H3. The molecule has 3 heteroatoms. The molecule has 0 aliphatic carbocycles. The van der Waals surface area contributed by atoms with Crippen molar-refractivity contribution in [2.45, 2.75) is 32.8 Å². The molecule has 2 rings (SSSR count). The Kier molecular flexibility index (Phi) is 4.37. The number of amides is 1. The topological polar surface area (TPSA) is 29.5 Å². The summed E-state index contributed by atoms with van der Waals surface area (Å²) in [5.74, 6) is 0.376. The predicted molar refractivity (Wildman–Crippen MR) is 70.9 cm³/mol. The van der Waals surface area contributed by atoms with Crippen LogP contribution in [0.2, 0.25) is 0 Å². The van der Waals surface area contributed by atoms with Crippen LogP contribution in [0.1, 0.15) is 38.4 Å². The molecule has 0 bridgehead atoms. The summed E-state index contributed by atoms with van der Waals surface area (Å²) in [5, 5.41) is 0. The molecule has 1 aromatic carbocycles. The van der Waals surface area contributed by atoms with E-state index in [9.17, 15) is 4.79 Å². The van der Waals surface area contributed by atoms with Gasteiger partial charge < -0.3 is 9.64 Å². The molecule has 1 unspecified atom stereocenters. The van der Waals surface area contributed by atoms with Crippen LogP contribution in [0.25, 0.3) is 0 Å². The van der Waals surface area contributed by atoms with Gasteiger partial charge in [-0.05, 0) is 18.4 Å². The van der Waals surface area contributed by atoms with Crippen LogP contribution in [0.3, 0.4) is 0 Å². The first kappa shape index (κ1) is 13.1. The summed E-state index contributed by atoms with van der Waals surface area (Å²) in [5.41, 5.74) is 1.15. The summed E-state index contributed by atoms with van der Waals surface area (Å²) in [6, 6.07) is 10.1. The van der Waals surface area contributed by atoms with E-state index in [4.69, 9.17) is 4.74 Å². The van der Waals surface area contributed by atoms with Gasteiger partial charge in [-0.25, -0.2) is 0 Å². The lowest BCUT2D eigenvalue weighted by molar-refractivity contribution is -0.136. The fraction of sp³-hybridized carbons (Fsp3) is 0.533. The highest BCUT2D eigenvalue weighted by Crippen LogP contribution is 2.26. The lowest BCUT2D eigenvalue weighted by Crippen LogP contribution is -2.33. The second-order valence-electron chi connectivity index (χ2n) is 4.77. The number of ether oxygens (including phenoxy) is 1. The number of rotatable bonds is 4. The van der Waals surface area contributed by atoms with Crippen molar-refractivity contribution in [1.29, 1.82) is 0 Å². The molecule has 1 aromatic rings. The molecule has 0 radical (unpaired) electrons. The maximum atomic E-state index is 12.2. The zero-order valence-electron chi connectivity index (χ0n) is 11.1. The molecular weight excluding hydrogens is 226 g/mol. The van der Waals surface area contributed by atoms with Gasteiger partial charge in [0.25, 0.3) is 0 Å². The predicted octanol–water partition coefficient (Wildman–Crippen LogP) is 2.98. The highest BCUT2D eigenvalue weighted by atomic mass is 16.5. The fourth-order valence-electron chi connectivity index (χ4n) is 2.40. The van der Waals surface area contributed by atoms with Gasteiger partial charge in [0.05, 0.1) is 6.54 Å². The third-order valence-corrected chi connectivity index (χ3v) is 3.64. The second kappa shape index (κ2) is 6.01. The monoisotopic (exact) mass is 247 g/mol. The highest BCUT2D eigenvalue weighted by Gasteiger charge is 2.30. The van der Waals surface area contributed by atoms with Crippen LogP contribution in [0.4, 0.5) is 0 Å². The number of hydrogen-bond acceptors (Lipinski definition) is 2. The van der Waals surface area contributed by atoms with E-state index in [1.165, 1.54) is 0 Å².